The van der Waals surface area contributed by atoms with Crippen LogP contribution in [-0.4, -0.2) is 31.4 Å². The van der Waals surface area contributed by atoms with Gasteiger partial charge in [0, 0.05) is 29.9 Å². The number of aryl methyl sites for hydroxylation is 1. The zero-order chi connectivity index (χ0) is 20.9. The topological polar surface area (TPSA) is 72.7 Å². The van der Waals surface area contributed by atoms with Crippen molar-refractivity contribution in [1.29, 1.82) is 0 Å². The van der Waals surface area contributed by atoms with Crippen LogP contribution in [-0.2, 0) is 11.8 Å². The van der Waals surface area contributed by atoms with Crippen molar-refractivity contribution in [2.75, 3.05) is 5.75 Å². The minimum absolute atomic E-state index is 0.0487. The number of pyridine rings is 1. The molecule has 1 amide bonds. The minimum Gasteiger partial charge on any atom is -0.344 e. The Hall–Kier alpha value is -2.97. The molecule has 0 aliphatic carbocycles. The Bertz CT molecular complexity index is 1110. The van der Waals surface area contributed by atoms with Gasteiger partial charge in [-0.05, 0) is 36.1 Å². The van der Waals surface area contributed by atoms with Gasteiger partial charge in [0.05, 0.1) is 11.8 Å². The first-order chi connectivity index (χ1) is 14.6. The summed E-state index contributed by atoms with van der Waals surface area (Å²) in [5.74, 6) is 0.958. The van der Waals surface area contributed by atoms with Crippen molar-refractivity contribution in [3.8, 4) is 11.4 Å². The SMILES string of the molecule is Cc1ccc(C(NC(=O)CSc2nnc(-c3ccncc3)n2C)c2cccs2)cc1. The molecule has 30 heavy (non-hydrogen) atoms. The molecule has 0 aliphatic rings. The molecule has 0 radical (unpaired) electrons. The summed E-state index contributed by atoms with van der Waals surface area (Å²) in [4.78, 5) is 17.9. The Morgan fingerprint density at radius 2 is 1.90 bits per heavy atom. The van der Waals surface area contributed by atoms with Crippen molar-refractivity contribution >= 4 is 29.0 Å². The summed E-state index contributed by atoms with van der Waals surface area (Å²) in [5, 5.41) is 14.4. The van der Waals surface area contributed by atoms with E-state index in [9.17, 15) is 4.79 Å². The molecule has 6 nitrogen and oxygen atoms in total. The van der Waals surface area contributed by atoms with Crippen LogP contribution in [0.1, 0.15) is 22.0 Å². The molecule has 4 rings (SSSR count). The molecule has 1 atom stereocenters. The number of amides is 1. The van der Waals surface area contributed by atoms with Crippen molar-refractivity contribution in [2.24, 2.45) is 7.05 Å². The molecule has 0 saturated heterocycles. The van der Waals surface area contributed by atoms with Gasteiger partial charge in [0.2, 0.25) is 5.91 Å². The molecule has 0 spiro atoms. The molecular formula is C22H21N5OS2. The molecule has 4 aromatic rings. The molecule has 0 bridgehead atoms. The number of thiophene rings is 1. The second-order valence-corrected chi connectivity index (χ2v) is 8.74. The summed E-state index contributed by atoms with van der Waals surface area (Å²) in [6.07, 6.45) is 3.44. The largest absolute Gasteiger partial charge is 0.344 e. The summed E-state index contributed by atoms with van der Waals surface area (Å²) < 4.78 is 1.89. The van der Waals surface area contributed by atoms with E-state index in [2.05, 4.69) is 51.7 Å². The molecule has 3 aromatic heterocycles. The third-order valence-electron chi connectivity index (χ3n) is 4.65. The normalized spacial score (nSPS) is 11.9. The second kappa shape index (κ2) is 9.23. The molecule has 3 heterocycles. The van der Waals surface area contributed by atoms with Gasteiger partial charge < -0.3 is 9.88 Å². The van der Waals surface area contributed by atoms with Crippen molar-refractivity contribution in [3.05, 3.63) is 82.3 Å². The van der Waals surface area contributed by atoms with Crippen molar-refractivity contribution in [1.82, 2.24) is 25.1 Å². The van der Waals surface area contributed by atoms with Crippen LogP contribution in [0.5, 0.6) is 0 Å². The fraction of sp³-hybridized carbons (Fsp3) is 0.182. The Morgan fingerprint density at radius 3 is 2.60 bits per heavy atom. The Morgan fingerprint density at radius 1 is 1.13 bits per heavy atom. The molecule has 1 aromatic carbocycles. The van der Waals surface area contributed by atoms with Crippen LogP contribution in [0.3, 0.4) is 0 Å². The van der Waals surface area contributed by atoms with E-state index in [1.165, 1.54) is 17.3 Å². The Balaban J connectivity index is 1.45. The Labute approximate surface area is 183 Å². The van der Waals surface area contributed by atoms with E-state index in [0.717, 1.165) is 21.8 Å². The monoisotopic (exact) mass is 435 g/mol. The summed E-state index contributed by atoms with van der Waals surface area (Å²) in [6.45, 7) is 2.06. The van der Waals surface area contributed by atoms with Gasteiger partial charge >= 0.3 is 0 Å². The first-order valence-electron chi connectivity index (χ1n) is 9.44. The van der Waals surface area contributed by atoms with Crippen LogP contribution in [0.25, 0.3) is 11.4 Å². The standard InChI is InChI=1S/C22H21N5OS2/c1-15-5-7-16(8-6-15)20(18-4-3-13-29-18)24-19(28)14-30-22-26-25-21(27(22)2)17-9-11-23-12-10-17/h3-13,20H,14H2,1-2H3,(H,24,28). The molecule has 152 valence electrons. The predicted octanol–water partition coefficient (Wildman–Crippen LogP) is 4.24. The summed E-state index contributed by atoms with van der Waals surface area (Å²) >= 11 is 3.01. The number of nitrogens with one attached hydrogen (secondary N) is 1. The van der Waals surface area contributed by atoms with Crippen LogP contribution >= 0.6 is 23.1 Å². The van der Waals surface area contributed by atoms with E-state index < -0.39 is 0 Å². The number of carbonyl (C=O) groups is 1. The predicted molar refractivity (Wildman–Crippen MR) is 120 cm³/mol. The first-order valence-corrected chi connectivity index (χ1v) is 11.3. The van der Waals surface area contributed by atoms with Gasteiger partial charge in [-0.25, -0.2) is 0 Å². The van der Waals surface area contributed by atoms with Crippen LogP contribution in [0.15, 0.2) is 71.5 Å². The summed E-state index contributed by atoms with van der Waals surface area (Å²) in [7, 11) is 1.90. The molecule has 0 fully saturated rings. The van der Waals surface area contributed by atoms with Crippen molar-refractivity contribution in [3.63, 3.8) is 0 Å². The lowest BCUT2D eigenvalue weighted by atomic mass is 10.0. The maximum absolute atomic E-state index is 12.8. The van der Waals surface area contributed by atoms with E-state index in [-0.39, 0.29) is 17.7 Å². The zero-order valence-electron chi connectivity index (χ0n) is 16.6. The number of thioether (sulfide) groups is 1. The maximum atomic E-state index is 12.8. The van der Waals surface area contributed by atoms with Crippen LogP contribution < -0.4 is 5.32 Å². The highest BCUT2D eigenvalue weighted by molar-refractivity contribution is 7.99. The minimum atomic E-state index is -0.162. The van der Waals surface area contributed by atoms with Crippen LogP contribution in [0, 0.1) is 6.92 Å². The van der Waals surface area contributed by atoms with Crippen LogP contribution in [0.2, 0.25) is 0 Å². The van der Waals surface area contributed by atoms with Gasteiger partial charge in [0.1, 0.15) is 0 Å². The van der Waals surface area contributed by atoms with E-state index in [4.69, 9.17) is 0 Å². The quantitative estimate of drug-likeness (QED) is 0.440. The smallest absolute Gasteiger partial charge is 0.231 e. The lowest BCUT2D eigenvalue weighted by Crippen LogP contribution is -2.30. The number of rotatable bonds is 7. The number of nitrogens with zero attached hydrogens (tertiary/aromatic N) is 4. The number of carbonyl (C=O) groups excluding carboxylic acids is 1. The van der Waals surface area contributed by atoms with E-state index in [0.29, 0.717) is 5.16 Å². The van der Waals surface area contributed by atoms with Gasteiger partial charge in [-0.3, -0.25) is 9.78 Å². The number of benzene rings is 1. The molecule has 0 saturated carbocycles. The molecular weight excluding hydrogens is 414 g/mol. The molecule has 1 N–H and O–H groups in total. The first kappa shape index (κ1) is 20.3. The fourth-order valence-corrected chi connectivity index (χ4v) is 4.58. The fourth-order valence-electron chi connectivity index (χ4n) is 3.06. The third-order valence-corrected chi connectivity index (χ3v) is 6.61. The number of hydrogen-bond acceptors (Lipinski definition) is 6. The van der Waals surface area contributed by atoms with E-state index in [1.807, 2.05) is 41.3 Å². The highest BCUT2D eigenvalue weighted by Gasteiger charge is 2.19. The number of hydrogen-bond donors (Lipinski definition) is 1. The van der Waals surface area contributed by atoms with E-state index in [1.54, 1.807) is 23.7 Å². The zero-order valence-corrected chi connectivity index (χ0v) is 18.3. The molecule has 8 heteroatoms. The highest BCUT2D eigenvalue weighted by Crippen LogP contribution is 2.27. The van der Waals surface area contributed by atoms with Crippen LogP contribution in [0.4, 0.5) is 0 Å². The van der Waals surface area contributed by atoms with Gasteiger partial charge in [-0.15, -0.1) is 21.5 Å². The summed E-state index contributed by atoms with van der Waals surface area (Å²) in [5.41, 5.74) is 3.20. The van der Waals surface area contributed by atoms with Gasteiger partial charge in [0.25, 0.3) is 0 Å². The molecule has 0 aliphatic heterocycles. The Kier molecular flexibility index (Phi) is 6.25. The average Bonchev–Trinajstić information content (AvgIpc) is 3.42. The highest BCUT2D eigenvalue weighted by atomic mass is 32.2. The van der Waals surface area contributed by atoms with Gasteiger partial charge in [-0.2, -0.15) is 0 Å². The summed E-state index contributed by atoms with van der Waals surface area (Å²) in [6, 6.07) is 15.9. The average molecular weight is 436 g/mol. The van der Waals surface area contributed by atoms with Crippen molar-refractivity contribution in [2.45, 2.75) is 18.1 Å². The second-order valence-electron chi connectivity index (χ2n) is 6.82. The van der Waals surface area contributed by atoms with Crippen molar-refractivity contribution < 1.29 is 4.79 Å². The van der Waals surface area contributed by atoms with Gasteiger partial charge in [0.15, 0.2) is 11.0 Å². The lowest BCUT2D eigenvalue weighted by molar-refractivity contribution is -0.119. The number of aromatic nitrogens is 4. The molecule has 1 unspecified atom stereocenters. The van der Waals surface area contributed by atoms with Gasteiger partial charge in [-0.1, -0.05) is 47.7 Å². The maximum Gasteiger partial charge on any atom is 0.231 e. The third kappa shape index (κ3) is 4.60. The van der Waals surface area contributed by atoms with E-state index >= 15 is 0 Å². The lowest BCUT2D eigenvalue weighted by Gasteiger charge is -2.18.